The maximum atomic E-state index is 9.19. The van der Waals surface area contributed by atoms with Crippen LogP contribution in [0.4, 0.5) is 0 Å². The third kappa shape index (κ3) is 305. The molecule has 0 heterocycles. The van der Waals surface area contributed by atoms with E-state index in [0.29, 0.717) is 6.26 Å². The standard InChI is InChI=1S/C4H6O2.CH4O3S.CH2O2/c5-3-1-2-4-6;1-5(2,3)4;2-1-3/h5-6H,3-4H2;1H3,(H,2,3,4);1H,(H,2,3). The summed E-state index contributed by atoms with van der Waals surface area (Å²) in [5, 5.41) is 22.7. The van der Waals surface area contributed by atoms with E-state index in [4.69, 9.17) is 24.7 Å². The Morgan fingerprint density at radius 1 is 1.21 bits per heavy atom. The summed E-state index contributed by atoms with van der Waals surface area (Å²) in [6, 6.07) is 0. The summed E-state index contributed by atoms with van der Waals surface area (Å²) in [5.74, 6) is 4.51. The molecule has 14 heavy (non-hydrogen) atoms. The lowest BCUT2D eigenvalue weighted by Gasteiger charge is -1.69. The average Bonchev–Trinajstić information content (AvgIpc) is 1.99. The quantitative estimate of drug-likeness (QED) is 0.218. The molecule has 0 amide bonds. The van der Waals surface area contributed by atoms with Crippen LogP contribution in [-0.4, -0.2) is 54.2 Å². The third-order valence-electron chi connectivity index (χ3n) is 0.283. The van der Waals surface area contributed by atoms with Gasteiger partial charge in [0.15, 0.2) is 0 Å². The molecule has 0 aromatic rings. The van der Waals surface area contributed by atoms with Crippen LogP contribution in [0.25, 0.3) is 0 Å². The number of aliphatic hydroxyl groups is 2. The van der Waals surface area contributed by atoms with E-state index in [1.807, 2.05) is 0 Å². The molecule has 0 unspecified atom stereocenters. The van der Waals surface area contributed by atoms with E-state index in [9.17, 15) is 8.42 Å². The van der Waals surface area contributed by atoms with Crippen molar-refractivity contribution in [2.24, 2.45) is 0 Å². The van der Waals surface area contributed by atoms with Gasteiger partial charge in [-0.25, -0.2) is 0 Å². The SMILES string of the molecule is CS(=O)(=O)O.O=CO.OCC#CCO. The minimum Gasteiger partial charge on any atom is -0.483 e. The van der Waals surface area contributed by atoms with Gasteiger partial charge in [0.1, 0.15) is 13.2 Å². The predicted molar refractivity (Wildman–Crippen MR) is 48.1 cm³/mol. The van der Waals surface area contributed by atoms with Gasteiger partial charge in [0, 0.05) is 0 Å². The molecule has 0 aliphatic heterocycles. The highest BCUT2D eigenvalue weighted by Crippen LogP contribution is 1.60. The summed E-state index contributed by atoms with van der Waals surface area (Å²) >= 11 is 0. The smallest absolute Gasteiger partial charge is 0.290 e. The van der Waals surface area contributed by atoms with Crippen molar-refractivity contribution in [1.82, 2.24) is 0 Å². The Morgan fingerprint density at radius 2 is 1.36 bits per heavy atom. The average molecular weight is 228 g/mol. The molecule has 0 rings (SSSR count). The molecule has 0 fully saturated rings. The number of carboxylic acid groups (broad SMARTS) is 1. The van der Waals surface area contributed by atoms with Crippen LogP contribution in [0.1, 0.15) is 0 Å². The molecule has 0 aromatic heterocycles. The molecule has 0 aliphatic rings. The van der Waals surface area contributed by atoms with E-state index in [0.717, 1.165) is 0 Å². The first kappa shape index (κ1) is 18.6. The summed E-state index contributed by atoms with van der Waals surface area (Å²) < 4.78 is 25.9. The van der Waals surface area contributed by atoms with E-state index in [2.05, 4.69) is 11.8 Å². The van der Waals surface area contributed by atoms with Crippen molar-refractivity contribution in [3.63, 3.8) is 0 Å². The predicted octanol–water partition coefficient (Wildman–Crippen LogP) is -1.82. The van der Waals surface area contributed by atoms with Gasteiger partial charge in [0.2, 0.25) is 0 Å². The molecular weight excluding hydrogens is 216 g/mol. The number of hydrogen-bond donors (Lipinski definition) is 4. The van der Waals surface area contributed by atoms with Gasteiger partial charge in [-0.3, -0.25) is 9.35 Å². The maximum absolute atomic E-state index is 9.19. The van der Waals surface area contributed by atoms with E-state index in [-0.39, 0.29) is 19.7 Å². The molecule has 7 nitrogen and oxygen atoms in total. The second kappa shape index (κ2) is 14.4. The zero-order valence-electron chi connectivity index (χ0n) is 7.41. The summed E-state index contributed by atoms with van der Waals surface area (Å²) in [6.45, 7) is -0.582. The van der Waals surface area contributed by atoms with Crippen LogP contribution in [0.2, 0.25) is 0 Å². The summed E-state index contributed by atoms with van der Waals surface area (Å²) in [4.78, 5) is 8.36. The van der Waals surface area contributed by atoms with Gasteiger partial charge in [0.05, 0.1) is 6.26 Å². The Labute approximate surface area is 81.7 Å². The van der Waals surface area contributed by atoms with Gasteiger partial charge in [-0.05, 0) is 0 Å². The monoisotopic (exact) mass is 228 g/mol. The van der Waals surface area contributed by atoms with Crippen LogP contribution in [0.5, 0.6) is 0 Å². The lowest BCUT2D eigenvalue weighted by Crippen LogP contribution is -1.88. The first-order valence-corrected chi connectivity index (χ1v) is 4.86. The van der Waals surface area contributed by atoms with E-state index in [1.54, 1.807) is 0 Å². The topological polar surface area (TPSA) is 132 Å². The third-order valence-corrected chi connectivity index (χ3v) is 0.283. The van der Waals surface area contributed by atoms with Gasteiger partial charge in [-0.1, -0.05) is 11.8 Å². The van der Waals surface area contributed by atoms with Gasteiger partial charge in [-0.2, -0.15) is 8.42 Å². The van der Waals surface area contributed by atoms with Crippen molar-refractivity contribution >= 4 is 16.6 Å². The summed E-state index contributed by atoms with van der Waals surface area (Å²) in [5.41, 5.74) is 0. The van der Waals surface area contributed by atoms with E-state index >= 15 is 0 Å². The molecule has 0 radical (unpaired) electrons. The highest BCUT2D eigenvalue weighted by molar-refractivity contribution is 7.85. The zero-order valence-corrected chi connectivity index (χ0v) is 8.23. The van der Waals surface area contributed by atoms with Crippen LogP contribution in [-0.2, 0) is 14.9 Å². The first-order valence-electron chi connectivity index (χ1n) is 3.01. The maximum Gasteiger partial charge on any atom is 0.290 e. The Balaban J connectivity index is -0.000000138. The molecule has 0 spiro atoms. The Hall–Kier alpha value is -1.14. The van der Waals surface area contributed by atoms with E-state index < -0.39 is 10.1 Å². The van der Waals surface area contributed by atoms with E-state index in [1.165, 1.54) is 0 Å². The van der Waals surface area contributed by atoms with Gasteiger partial charge >= 0.3 is 0 Å². The Morgan fingerprint density at radius 3 is 1.43 bits per heavy atom. The van der Waals surface area contributed by atoms with Crippen molar-refractivity contribution < 1.29 is 33.1 Å². The molecule has 0 atom stereocenters. The molecule has 0 aromatic carbocycles. The van der Waals surface area contributed by atoms with Crippen LogP contribution in [0, 0.1) is 11.8 Å². The van der Waals surface area contributed by atoms with Crippen LogP contribution in [0.3, 0.4) is 0 Å². The fourth-order valence-electron chi connectivity index (χ4n) is 0.112. The van der Waals surface area contributed by atoms with Gasteiger partial charge in [-0.15, -0.1) is 0 Å². The molecule has 4 N–H and O–H groups in total. The first-order chi connectivity index (χ1) is 6.33. The lowest BCUT2D eigenvalue weighted by atomic mass is 10.6. The fraction of sp³-hybridized carbons (Fsp3) is 0.500. The molecule has 0 saturated heterocycles. The molecule has 84 valence electrons. The second-order valence-corrected chi connectivity index (χ2v) is 2.97. The van der Waals surface area contributed by atoms with Crippen molar-refractivity contribution in [3.05, 3.63) is 0 Å². The van der Waals surface area contributed by atoms with Gasteiger partial charge < -0.3 is 15.3 Å². The minimum atomic E-state index is -3.67. The van der Waals surface area contributed by atoms with Gasteiger partial charge in [0.25, 0.3) is 16.6 Å². The minimum absolute atomic E-state index is 0.166. The number of carbonyl (C=O) groups is 1. The van der Waals surface area contributed by atoms with Crippen molar-refractivity contribution in [1.29, 1.82) is 0 Å². The lowest BCUT2D eigenvalue weighted by molar-refractivity contribution is -0.122. The highest BCUT2D eigenvalue weighted by atomic mass is 32.2. The number of aliphatic hydroxyl groups excluding tert-OH is 2. The largest absolute Gasteiger partial charge is 0.483 e. The van der Waals surface area contributed by atoms with Crippen LogP contribution >= 0.6 is 0 Å². The van der Waals surface area contributed by atoms with Crippen molar-refractivity contribution in [2.75, 3.05) is 19.5 Å². The molecule has 8 heteroatoms. The Kier molecular flexibility index (Phi) is 19.1. The molecule has 0 saturated carbocycles. The van der Waals surface area contributed by atoms with Crippen molar-refractivity contribution in [2.45, 2.75) is 0 Å². The number of hydrogen-bond acceptors (Lipinski definition) is 5. The summed E-state index contributed by atoms with van der Waals surface area (Å²) in [7, 11) is -3.67. The molecule has 0 bridgehead atoms. The number of rotatable bonds is 0. The van der Waals surface area contributed by atoms with Crippen LogP contribution in [0.15, 0.2) is 0 Å². The van der Waals surface area contributed by atoms with Crippen molar-refractivity contribution in [3.8, 4) is 11.8 Å². The molecular formula is C6H12O7S. The fourth-order valence-corrected chi connectivity index (χ4v) is 0.112. The highest BCUT2D eigenvalue weighted by Gasteiger charge is 1.81. The van der Waals surface area contributed by atoms with Crippen LogP contribution < -0.4 is 0 Å². The Bertz CT molecular complexity index is 242. The molecule has 0 aliphatic carbocycles. The second-order valence-electron chi connectivity index (χ2n) is 1.51. The zero-order chi connectivity index (χ0) is 12.0. The normalized spacial score (nSPS) is 7.71. The summed E-state index contributed by atoms with van der Waals surface area (Å²) in [6.07, 6.45) is 0.715.